The van der Waals surface area contributed by atoms with Gasteiger partial charge in [0, 0.05) is 25.5 Å². The highest BCUT2D eigenvalue weighted by Crippen LogP contribution is 2.13. The molecular weight excluding hydrogens is 270 g/mol. The molecule has 4 heteroatoms. The summed E-state index contributed by atoms with van der Waals surface area (Å²) in [7, 11) is 2.10. The lowest BCUT2D eigenvalue weighted by atomic mass is 10.2. The van der Waals surface area contributed by atoms with E-state index in [4.69, 9.17) is 11.6 Å². The number of halogens is 1. The third-order valence-electron chi connectivity index (χ3n) is 3.19. The van der Waals surface area contributed by atoms with Crippen molar-refractivity contribution in [1.82, 2.24) is 14.3 Å². The van der Waals surface area contributed by atoms with E-state index in [1.54, 1.807) is 0 Å². The van der Waals surface area contributed by atoms with Crippen molar-refractivity contribution < 1.29 is 0 Å². The molecule has 3 aromatic rings. The molecule has 0 unspecified atom stereocenters. The Morgan fingerprint density at radius 2 is 1.85 bits per heavy atom. The molecule has 20 heavy (non-hydrogen) atoms. The summed E-state index contributed by atoms with van der Waals surface area (Å²) in [6.45, 7) is 1.73. The molecule has 0 bridgehead atoms. The maximum absolute atomic E-state index is 5.98. The Morgan fingerprint density at radius 1 is 1.05 bits per heavy atom. The summed E-state index contributed by atoms with van der Waals surface area (Å²) in [6, 6.07) is 14.2. The van der Waals surface area contributed by atoms with Crippen molar-refractivity contribution in [3.8, 4) is 0 Å². The van der Waals surface area contributed by atoms with Crippen LogP contribution in [0.15, 0.2) is 54.9 Å². The Morgan fingerprint density at radius 3 is 2.65 bits per heavy atom. The van der Waals surface area contributed by atoms with Gasteiger partial charge in [-0.05, 0) is 24.7 Å². The molecular formula is C16H16ClN3. The van der Waals surface area contributed by atoms with Crippen LogP contribution in [0.1, 0.15) is 11.3 Å². The van der Waals surface area contributed by atoms with Crippen molar-refractivity contribution in [2.24, 2.45) is 0 Å². The molecule has 102 valence electrons. The maximum Gasteiger partial charge on any atom is 0.137 e. The second-order valence-electron chi connectivity index (χ2n) is 5.00. The van der Waals surface area contributed by atoms with Gasteiger partial charge in [-0.1, -0.05) is 41.9 Å². The van der Waals surface area contributed by atoms with Crippen LogP contribution < -0.4 is 0 Å². The van der Waals surface area contributed by atoms with E-state index >= 15 is 0 Å². The standard InChI is InChI=1S/C16H16ClN3/c1-19(9-13-5-3-2-4-6-13)11-15-12-20-10-14(17)7-8-16(20)18-15/h2-8,10,12H,9,11H2,1H3. The number of nitrogens with zero attached hydrogens (tertiary/aromatic N) is 3. The minimum atomic E-state index is 0.721. The van der Waals surface area contributed by atoms with Crippen LogP contribution in [0.5, 0.6) is 0 Å². The molecule has 0 radical (unpaired) electrons. The van der Waals surface area contributed by atoms with Crippen LogP contribution in [-0.2, 0) is 13.1 Å². The van der Waals surface area contributed by atoms with Crippen molar-refractivity contribution in [3.05, 3.63) is 71.1 Å². The second kappa shape index (κ2) is 5.65. The lowest BCUT2D eigenvalue weighted by molar-refractivity contribution is 0.316. The molecule has 2 heterocycles. The SMILES string of the molecule is CN(Cc1ccccc1)Cc1cn2cc(Cl)ccc2n1. The Kier molecular flexibility index (Phi) is 3.72. The average molecular weight is 286 g/mol. The minimum Gasteiger partial charge on any atom is -0.305 e. The fourth-order valence-corrected chi connectivity index (χ4v) is 2.49. The van der Waals surface area contributed by atoms with Gasteiger partial charge >= 0.3 is 0 Å². The number of benzene rings is 1. The van der Waals surface area contributed by atoms with Crippen LogP contribution in [0.4, 0.5) is 0 Å². The van der Waals surface area contributed by atoms with E-state index in [1.165, 1.54) is 5.56 Å². The summed E-state index contributed by atoms with van der Waals surface area (Å²) in [4.78, 5) is 6.85. The van der Waals surface area contributed by atoms with E-state index in [1.807, 2.05) is 35.0 Å². The Bertz CT molecular complexity index is 706. The van der Waals surface area contributed by atoms with Crippen LogP contribution in [-0.4, -0.2) is 21.3 Å². The summed E-state index contributed by atoms with van der Waals surface area (Å²) >= 11 is 5.98. The number of hydrogen-bond donors (Lipinski definition) is 0. The number of pyridine rings is 1. The van der Waals surface area contributed by atoms with Gasteiger partial charge in [-0.2, -0.15) is 0 Å². The molecule has 3 nitrogen and oxygen atoms in total. The van der Waals surface area contributed by atoms with Gasteiger partial charge in [0.25, 0.3) is 0 Å². The van der Waals surface area contributed by atoms with Gasteiger partial charge in [0.05, 0.1) is 10.7 Å². The lowest BCUT2D eigenvalue weighted by Crippen LogP contribution is -2.17. The van der Waals surface area contributed by atoms with Crippen LogP contribution >= 0.6 is 11.6 Å². The van der Waals surface area contributed by atoms with Crippen LogP contribution in [0.25, 0.3) is 5.65 Å². The first kappa shape index (κ1) is 13.2. The smallest absolute Gasteiger partial charge is 0.137 e. The molecule has 0 saturated carbocycles. The largest absolute Gasteiger partial charge is 0.305 e. The summed E-state index contributed by atoms with van der Waals surface area (Å²) in [5, 5.41) is 0.721. The summed E-state index contributed by atoms with van der Waals surface area (Å²) in [5.74, 6) is 0. The quantitative estimate of drug-likeness (QED) is 0.730. The zero-order chi connectivity index (χ0) is 13.9. The van der Waals surface area contributed by atoms with Gasteiger partial charge in [-0.25, -0.2) is 4.98 Å². The van der Waals surface area contributed by atoms with E-state index < -0.39 is 0 Å². The molecule has 0 spiro atoms. The average Bonchev–Trinajstić information content (AvgIpc) is 2.80. The summed E-state index contributed by atoms with van der Waals surface area (Å²) in [5.41, 5.74) is 3.28. The molecule has 2 aromatic heterocycles. The summed E-state index contributed by atoms with van der Waals surface area (Å²) in [6.07, 6.45) is 3.91. The zero-order valence-electron chi connectivity index (χ0n) is 11.3. The molecule has 0 aliphatic heterocycles. The number of fused-ring (bicyclic) bond motifs is 1. The number of imidazole rings is 1. The van der Waals surface area contributed by atoms with Crippen LogP contribution in [0.3, 0.4) is 0 Å². The third kappa shape index (κ3) is 3.00. The normalized spacial score (nSPS) is 11.3. The highest BCUT2D eigenvalue weighted by atomic mass is 35.5. The predicted molar refractivity (Wildman–Crippen MR) is 81.8 cm³/mol. The second-order valence-corrected chi connectivity index (χ2v) is 5.44. The molecule has 3 rings (SSSR count). The summed E-state index contributed by atoms with van der Waals surface area (Å²) < 4.78 is 1.97. The molecule has 0 aliphatic carbocycles. The Hall–Kier alpha value is -1.84. The number of hydrogen-bond acceptors (Lipinski definition) is 2. The molecule has 0 amide bonds. The maximum atomic E-state index is 5.98. The minimum absolute atomic E-state index is 0.721. The van der Waals surface area contributed by atoms with Crippen molar-refractivity contribution in [2.75, 3.05) is 7.05 Å². The van der Waals surface area contributed by atoms with E-state index in [-0.39, 0.29) is 0 Å². The van der Waals surface area contributed by atoms with E-state index in [0.717, 1.165) is 29.5 Å². The Labute approximate surface area is 123 Å². The van der Waals surface area contributed by atoms with Crippen LogP contribution in [0, 0.1) is 0 Å². The van der Waals surface area contributed by atoms with Crippen molar-refractivity contribution in [2.45, 2.75) is 13.1 Å². The lowest BCUT2D eigenvalue weighted by Gasteiger charge is -2.14. The molecule has 1 aromatic carbocycles. The monoisotopic (exact) mass is 285 g/mol. The van der Waals surface area contributed by atoms with Gasteiger partial charge in [0.1, 0.15) is 5.65 Å². The van der Waals surface area contributed by atoms with Gasteiger partial charge in [-0.15, -0.1) is 0 Å². The van der Waals surface area contributed by atoms with E-state index in [9.17, 15) is 0 Å². The van der Waals surface area contributed by atoms with E-state index in [0.29, 0.717) is 0 Å². The third-order valence-corrected chi connectivity index (χ3v) is 3.42. The van der Waals surface area contributed by atoms with Crippen LogP contribution in [0.2, 0.25) is 5.02 Å². The number of aromatic nitrogens is 2. The van der Waals surface area contributed by atoms with Gasteiger partial charge < -0.3 is 4.40 Å². The molecule has 0 fully saturated rings. The van der Waals surface area contributed by atoms with E-state index in [2.05, 4.69) is 41.2 Å². The zero-order valence-corrected chi connectivity index (χ0v) is 12.1. The Balaban J connectivity index is 1.72. The predicted octanol–water partition coefficient (Wildman–Crippen LogP) is 3.62. The number of rotatable bonds is 4. The van der Waals surface area contributed by atoms with Crippen molar-refractivity contribution in [3.63, 3.8) is 0 Å². The topological polar surface area (TPSA) is 20.5 Å². The molecule has 0 aliphatic rings. The molecule has 0 saturated heterocycles. The van der Waals surface area contributed by atoms with Crippen molar-refractivity contribution in [1.29, 1.82) is 0 Å². The first-order chi connectivity index (χ1) is 9.70. The highest BCUT2D eigenvalue weighted by Gasteiger charge is 2.06. The fraction of sp³-hybridized carbons (Fsp3) is 0.188. The van der Waals surface area contributed by atoms with Gasteiger partial charge in [-0.3, -0.25) is 4.90 Å². The fourth-order valence-electron chi connectivity index (χ4n) is 2.32. The molecule has 0 atom stereocenters. The van der Waals surface area contributed by atoms with Crippen molar-refractivity contribution >= 4 is 17.2 Å². The highest BCUT2D eigenvalue weighted by molar-refractivity contribution is 6.30. The first-order valence-corrected chi connectivity index (χ1v) is 6.94. The molecule has 0 N–H and O–H groups in total. The first-order valence-electron chi connectivity index (χ1n) is 6.56. The van der Waals surface area contributed by atoms with Gasteiger partial charge in [0.15, 0.2) is 0 Å². The van der Waals surface area contributed by atoms with Gasteiger partial charge in [0.2, 0.25) is 0 Å².